The summed E-state index contributed by atoms with van der Waals surface area (Å²) in [6, 6.07) is 4.01. The molecule has 0 saturated heterocycles. The van der Waals surface area contributed by atoms with Crippen LogP contribution in [0.15, 0.2) is 17.5 Å². The van der Waals surface area contributed by atoms with E-state index in [0.717, 1.165) is 17.1 Å². The molecule has 1 N–H and O–H groups in total. The topological polar surface area (TPSA) is 61.9 Å². The first-order chi connectivity index (χ1) is 8.74. The van der Waals surface area contributed by atoms with Crippen LogP contribution in [0.2, 0.25) is 0 Å². The number of H-pyrrole nitrogens is 1. The van der Waals surface area contributed by atoms with Crippen molar-refractivity contribution in [3.8, 4) is 0 Å². The predicted octanol–water partition coefficient (Wildman–Crippen LogP) is 2.09. The fourth-order valence-corrected chi connectivity index (χ4v) is 2.33. The molecular weight excluding hydrogens is 248 g/mol. The van der Waals surface area contributed by atoms with Crippen LogP contribution in [-0.4, -0.2) is 32.5 Å². The van der Waals surface area contributed by atoms with Gasteiger partial charge in [-0.2, -0.15) is 0 Å². The summed E-state index contributed by atoms with van der Waals surface area (Å²) >= 11 is 1.65. The Kier molecular flexibility index (Phi) is 4.09. The van der Waals surface area contributed by atoms with Crippen LogP contribution in [0.4, 0.5) is 0 Å². The van der Waals surface area contributed by atoms with Gasteiger partial charge in [-0.15, -0.1) is 16.4 Å². The van der Waals surface area contributed by atoms with Gasteiger partial charge in [-0.1, -0.05) is 13.0 Å². The number of rotatable bonds is 5. The Morgan fingerprint density at radius 1 is 1.50 bits per heavy atom. The number of nitrogens with zero attached hydrogens (tertiary/aromatic N) is 3. The normalized spacial score (nSPS) is 10.6. The fourth-order valence-electron chi connectivity index (χ4n) is 1.61. The standard InChI is InChI=1S/C12H16N4OS/c1-3-10-13-11(15-14-10)12(17)16(4-2)8-9-6-5-7-18-9/h5-7H,3-4,8H2,1-2H3,(H,13,14,15). The van der Waals surface area contributed by atoms with Gasteiger partial charge in [-0.25, -0.2) is 4.98 Å². The maximum Gasteiger partial charge on any atom is 0.293 e. The Hall–Kier alpha value is -1.69. The molecule has 0 aromatic carbocycles. The zero-order chi connectivity index (χ0) is 13.0. The molecule has 6 heteroatoms. The molecule has 0 saturated carbocycles. The van der Waals surface area contributed by atoms with Crippen LogP contribution in [0, 0.1) is 0 Å². The largest absolute Gasteiger partial charge is 0.331 e. The summed E-state index contributed by atoms with van der Waals surface area (Å²) in [5.74, 6) is 0.873. The lowest BCUT2D eigenvalue weighted by Gasteiger charge is -2.18. The molecule has 0 atom stereocenters. The lowest BCUT2D eigenvalue weighted by Crippen LogP contribution is -2.30. The molecule has 2 aromatic heterocycles. The summed E-state index contributed by atoms with van der Waals surface area (Å²) in [5.41, 5.74) is 0. The average Bonchev–Trinajstić information content (AvgIpc) is 3.06. The molecule has 5 nitrogen and oxygen atoms in total. The molecule has 0 fully saturated rings. The Labute approximate surface area is 110 Å². The Balaban J connectivity index is 2.09. The zero-order valence-corrected chi connectivity index (χ0v) is 11.3. The van der Waals surface area contributed by atoms with E-state index in [-0.39, 0.29) is 11.7 Å². The van der Waals surface area contributed by atoms with E-state index in [4.69, 9.17) is 0 Å². The summed E-state index contributed by atoms with van der Waals surface area (Å²) in [4.78, 5) is 19.3. The highest BCUT2D eigenvalue weighted by molar-refractivity contribution is 7.09. The van der Waals surface area contributed by atoms with Crippen LogP contribution >= 0.6 is 11.3 Å². The molecule has 0 aliphatic heterocycles. The zero-order valence-electron chi connectivity index (χ0n) is 10.5. The van der Waals surface area contributed by atoms with E-state index < -0.39 is 0 Å². The summed E-state index contributed by atoms with van der Waals surface area (Å²) in [5, 5.41) is 8.74. The lowest BCUT2D eigenvalue weighted by atomic mass is 10.4. The van der Waals surface area contributed by atoms with Crippen molar-refractivity contribution < 1.29 is 4.79 Å². The van der Waals surface area contributed by atoms with Crippen molar-refractivity contribution >= 4 is 17.2 Å². The van der Waals surface area contributed by atoms with E-state index in [1.165, 1.54) is 0 Å². The smallest absolute Gasteiger partial charge is 0.293 e. The monoisotopic (exact) mass is 264 g/mol. The van der Waals surface area contributed by atoms with Crippen LogP contribution in [0.1, 0.15) is 35.2 Å². The maximum absolute atomic E-state index is 12.2. The molecule has 1 amide bonds. The molecule has 0 aliphatic rings. The third-order valence-electron chi connectivity index (χ3n) is 2.65. The predicted molar refractivity (Wildman–Crippen MR) is 70.5 cm³/mol. The van der Waals surface area contributed by atoms with E-state index in [9.17, 15) is 4.79 Å². The molecule has 0 aliphatic carbocycles. The lowest BCUT2D eigenvalue weighted by molar-refractivity contribution is 0.0742. The molecule has 2 rings (SSSR count). The van der Waals surface area contributed by atoms with Crippen LogP contribution in [0.5, 0.6) is 0 Å². The summed E-state index contributed by atoms with van der Waals surface area (Å²) in [6.45, 7) is 5.19. The van der Waals surface area contributed by atoms with E-state index in [2.05, 4.69) is 15.2 Å². The molecule has 2 heterocycles. The van der Waals surface area contributed by atoms with Crippen molar-refractivity contribution in [2.45, 2.75) is 26.8 Å². The number of aromatic amines is 1. The van der Waals surface area contributed by atoms with Gasteiger partial charge in [0.25, 0.3) is 5.91 Å². The Morgan fingerprint density at radius 2 is 2.33 bits per heavy atom. The number of carbonyl (C=O) groups excluding carboxylic acids is 1. The molecule has 0 bridgehead atoms. The maximum atomic E-state index is 12.2. The summed E-state index contributed by atoms with van der Waals surface area (Å²) in [7, 11) is 0. The quantitative estimate of drug-likeness (QED) is 0.899. The Morgan fingerprint density at radius 3 is 2.89 bits per heavy atom. The molecule has 96 valence electrons. The molecule has 2 aromatic rings. The van der Waals surface area contributed by atoms with Crippen molar-refractivity contribution in [1.82, 2.24) is 20.1 Å². The highest BCUT2D eigenvalue weighted by Gasteiger charge is 2.19. The molecule has 0 unspecified atom stereocenters. The van der Waals surface area contributed by atoms with Crippen LogP contribution < -0.4 is 0 Å². The first-order valence-corrected chi connectivity index (χ1v) is 6.85. The Bertz CT molecular complexity index is 506. The van der Waals surface area contributed by atoms with Gasteiger partial charge in [0.1, 0.15) is 5.82 Å². The number of aromatic nitrogens is 3. The minimum atomic E-state index is -0.123. The summed E-state index contributed by atoms with van der Waals surface area (Å²) < 4.78 is 0. The van der Waals surface area contributed by atoms with Crippen molar-refractivity contribution in [2.24, 2.45) is 0 Å². The van der Waals surface area contributed by atoms with E-state index in [1.807, 2.05) is 31.4 Å². The highest BCUT2D eigenvalue weighted by Crippen LogP contribution is 2.13. The molecule has 0 radical (unpaired) electrons. The van der Waals surface area contributed by atoms with Gasteiger partial charge in [0.15, 0.2) is 0 Å². The molecule has 18 heavy (non-hydrogen) atoms. The van der Waals surface area contributed by atoms with Crippen LogP contribution in [-0.2, 0) is 13.0 Å². The third kappa shape index (κ3) is 2.76. The van der Waals surface area contributed by atoms with Gasteiger partial charge < -0.3 is 4.90 Å². The van der Waals surface area contributed by atoms with E-state index in [1.54, 1.807) is 16.2 Å². The number of thiophene rings is 1. The van der Waals surface area contributed by atoms with Crippen molar-refractivity contribution in [1.29, 1.82) is 0 Å². The first-order valence-electron chi connectivity index (χ1n) is 5.97. The van der Waals surface area contributed by atoms with Gasteiger partial charge in [0, 0.05) is 17.8 Å². The minimum Gasteiger partial charge on any atom is -0.331 e. The molecular formula is C12H16N4OS. The van der Waals surface area contributed by atoms with Gasteiger partial charge in [-0.3, -0.25) is 9.89 Å². The minimum absolute atomic E-state index is 0.123. The second-order valence-electron chi connectivity index (χ2n) is 3.86. The summed E-state index contributed by atoms with van der Waals surface area (Å²) in [6.07, 6.45) is 0.747. The highest BCUT2D eigenvalue weighted by atomic mass is 32.1. The number of hydrogen-bond acceptors (Lipinski definition) is 4. The van der Waals surface area contributed by atoms with Crippen molar-refractivity contribution in [3.05, 3.63) is 34.0 Å². The number of carbonyl (C=O) groups is 1. The van der Waals surface area contributed by atoms with E-state index >= 15 is 0 Å². The molecule has 0 spiro atoms. The number of aryl methyl sites for hydroxylation is 1. The van der Waals surface area contributed by atoms with Crippen molar-refractivity contribution in [2.75, 3.05) is 6.54 Å². The second-order valence-corrected chi connectivity index (χ2v) is 4.89. The third-order valence-corrected chi connectivity index (χ3v) is 3.51. The van der Waals surface area contributed by atoms with Gasteiger partial charge in [0.05, 0.1) is 6.54 Å². The fraction of sp³-hybridized carbons (Fsp3) is 0.417. The van der Waals surface area contributed by atoms with Gasteiger partial charge in [-0.05, 0) is 18.4 Å². The van der Waals surface area contributed by atoms with E-state index in [0.29, 0.717) is 13.1 Å². The number of hydrogen-bond donors (Lipinski definition) is 1. The van der Waals surface area contributed by atoms with Crippen molar-refractivity contribution in [3.63, 3.8) is 0 Å². The van der Waals surface area contributed by atoms with Gasteiger partial charge in [0.2, 0.25) is 5.82 Å². The first kappa shape index (κ1) is 12.8. The second kappa shape index (κ2) is 5.77. The number of amides is 1. The van der Waals surface area contributed by atoms with Crippen LogP contribution in [0.3, 0.4) is 0 Å². The van der Waals surface area contributed by atoms with Crippen LogP contribution in [0.25, 0.3) is 0 Å². The number of nitrogens with one attached hydrogen (secondary N) is 1. The van der Waals surface area contributed by atoms with Gasteiger partial charge >= 0.3 is 0 Å². The SMILES string of the molecule is CCc1nc(C(=O)N(CC)Cc2cccs2)n[nH]1. The average molecular weight is 264 g/mol.